The van der Waals surface area contributed by atoms with Crippen LogP contribution in [0.1, 0.15) is 136 Å². The quantitative estimate of drug-likeness (QED) is 0.00749. The van der Waals surface area contributed by atoms with Crippen molar-refractivity contribution >= 4 is 145 Å². The van der Waals surface area contributed by atoms with Crippen LogP contribution in [0.4, 0.5) is 11.6 Å². The summed E-state index contributed by atoms with van der Waals surface area (Å²) in [6.45, 7) is -5.57. The van der Waals surface area contributed by atoms with E-state index in [1.54, 1.807) is 23.1 Å². The van der Waals surface area contributed by atoms with Crippen molar-refractivity contribution in [2.24, 2.45) is 17.8 Å². The molecule has 0 aliphatic heterocycles. The molecule has 0 saturated carbocycles. The van der Waals surface area contributed by atoms with Gasteiger partial charge >= 0.3 is 29.8 Å². The summed E-state index contributed by atoms with van der Waals surface area (Å²) in [5.74, 6) is -21.7. The number of thioether (sulfide) groups is 1. The summed E-state index contributed by atoms with van der Waals surface area (Å²) in [6, 6.07) is 18.5. The molecule has 4 aromatic carbocycles. The third-order valence-electron chi connectivity index (χ3n) is 22.8. The molecule has 0 unspecified atom stereocenters. The van der Waals surface area contributed by atoms with E-state index in [1.165, 1.54) is 36.0 Å². The van der Waals surface area contributed by atoms with Gasteiger partial charge in [-0.05, 0) is 114 Å². The van der Waals surface area contributed by atoms with Gasteiger partial charge in [0.15, 0.2) is 11.6 Å². The summed E-state index contributed by atoms with van der Waals surface area (Å²) in [6.07, 6.45) is -31.8. The van der Waals surface area contributed by atoms with E-state index in [9.17, 15) is 169 Å². The highest BCUT2D eigenvalue weighted by Crippen LogP contribution is 2.46. The lowest BCUT2D eigenvalue weighted by atomic mass is 9.89. The SMILES string of the molecule is C#CCN(Cc1ccc2nc(N)[nH]c(=O)c2c1)c1ccc(C(=O)N[C@@H](CCC(=O)OSSC[C@H](NC(=O)[C@H](CCC(=O)NC[C@H](O)[C@@H](O)[C@H](O)[C@H](O)CO)CC(=O)[C@H](CCC(=O)O)NC(=O)[C@H](CCC(=O)NC[C@H](O)[C@@H](O)[C@H](O)[C@H](O)CO)CC(=O)[C@H](CCC(=O)O)NC(=O)[C@H](CCC(=O)NC[C@H](O)[C@@H](O)[C@H](O)[C@H](O)CO)CC(=O)CCSCC2c3ccccc3-c3ccccc32)C(=O)O)C(=O)O)cc1. The molecule has 0 radical (unpaired) electrons. The van der Waals surface area contributed by atoms with Crippen LogP contribution < -0.4 is 53.4 Å². The Kier molecular flexibility index (Phi) is 49.4. The molecule has 0 bridgehead atoms. The molecule has 50 heteroatoms. The zero-order chi connectivity index (χ0) is 104. The van der Waals surface area contributed by atoms with Gasteiger partial charge in [-0.25, -0.2) is 14.6 Å². The van der Waals surface area contributed by atoms with Crippen molar-refractivity contribution in [1.82, 2.24) is 47.2 Å². The summed E-state index contributed by atoms with van der Waals surface area (Å²) in [5, 5.41) is 207. The predicted octanol–water partition coefficient (Wildman–Crippen LogP) is -5.12. The first-order valence-corrected chi connectivity index (χ1v) is 47.6. The number of Topliss-reactive ketones (excluding diaryl/α,β-unsaturated/α-hetero) is 3. The lowest BCUT2D eigenvalue weighted by molar-refractivity contribution is -0.142. The second-order valence-corrected chi connectivity index (χ2v) is 36.3. The number of aliphatic hydroxyl groups excluding tert-OH is 15. The second-order valence-electron chi connectivity index (χ2n) is 33.2. The number of carboxylic acid groups (broad SMARTS) is 4. The number of aromatic nitrogens is 2. The number of amides is 7. The lowest BCUT2D eigenvalue weighted by Crippen LogP contribution is -2.50. The average Bonchev–Trinajstić information content (AvgIpc) is 1.62. The van der Waals surface area contributed by atoms with Crippen molar-refractivity contribution < 1.29 is 173 Å². The highest BCUT2D eigenvalue weighted by atomic mass is 33.1. The number of ketones is 3. The normalized spacial score (nSPS) is 15.8. The number of anilines is 2. The fourth-order valence-corrected chi connectivity index (χ4v) is 17.4. The molecular formula is C90H119N11O36S3. The van der Waals surface area contributed by atoms with Gasteiger partial charge in [0, 0.05) is 143 Å². The second kappa shape index (κ2) is 59.1. The summed E-state index contributed by atoms with van der Waals surface area (Å²) in [7, 11) is 0.475. The Balaban J connectivity index is 1.22. The predicted molar refractivity (Wildman–Crippen MR) is 500 cm³/mol. The summed E-state index contributed by atoms with van der Waals surface area (Å²) >= 11 is 1.66. The van der Waals surface area contributed by atoms with Crippen LogP contribution >= 0.6 is 33.6 Å². The van der Waals surface area contributed by atoms with Crippen LogP contribution in [0.15, 0.2) is 95.8 Å². The van der Waals surface area contributed by atoms with E-state index in [2.05, 4.69) is 53.1 Å². The number of aliphatic carboxylic acids is 4. The summed E-state index contributed by atoms with van der Waals surface area (Å²) < 4.78 is 5.11. The van der Waals surface area contributed by atoms with Gasteiger partial charge in [-0.15, -0.1) is 6.42 Å². The minimum atomic E-state index is -2.22. The molecule has 5 aromatic rings. The fraction of sp³-hybridized carbons (Fsp3) is 0.522. The molecule has 47 nitrogen and oxygen atoms in total. The minimum absolute atomic E-state index is 0.0182. The number of aliphatic hydroxyl groups is 15. The number of nitrogens with two attached hydrogens (primary N) is 1. The Hall–Kier alpha value is -11.7. The molecule has 0 spiro atoms. The van der Waals surface area contributed by atoms with E-state index in [4.69, 9.17) is 16.3 Å². The van der Waals surface area contributed by atoms with Crippen molar-refractivity contribution in [3.8, 4) is 23.5 Å². The summed E-state index contributed by atoms with van der Waals surface area (Å²) in [4.78, 5) is 226. The van der Waals surface area contributed by atoms with Crippen LogP contribution in [0.3, 0.4) is 0 Å². The van der Waals surface area contributed by atoms with Crippen molar-refractivity contribution in [2.45, 2.75) is 213 Å². The lowest BCUT2D eigenvalue weighted by Gasteiger charge is -2.26. The molecule has 19 atom stereocenters. The maximum atomic E-state index is 15.0. The maximum Gasteiger partial charge on any atom is 0.327 e. The van der Waals surface area contributed by atoms with Crippen molar-refractivity contribution in [3.63, 3.8) is 0 Å². The number of hydrogen-bond acceptors (Lipinski definition) is 38. The number of carbonyl (C=O) groups excluding carboxylic acids is 11. The van der Waals surface area contributed by atoms with Crippen molar-refractivity contribution in [2.75, 3.05) is 73.9 Å². The molecular weight excluding hydrogens is 1910 g/mol. The molecule has 1 aliphatic carbocycles. The van der Waals surface area contributed by atoms with Crippen LogP contribution in [0.5, 0.6) is 0 Å². The fourth-order valence-electron chi connectivity index (χ4n) is 14.7. The van der Waals surface area contributed by atoms with Gasteiger partial charge in [0.05, 0.1) is 67.7 Å². The Labute approximate surface area is 812 Å². The van der Waals surface area contributed by atoms with Crippen LogP contribution in [-0.2, 0) is 77.9 Å². The van der Waals surface area contributed by atoms with Crippen LogP contribution in [0, 0.1) is 30.1 Å². The van der Waals surface area contributed by atoms with Gasteiger partial charge in [0.1, 0.15) is 83.9 Å². The number of carboxylic acids is 4. The number of carbonyl (C=O) groups is 15. The molecule has 1 aromatic heterocycles. The first kappa shape index (κ1) is 117. The number of nitrogens with zero attached hydrogens (tertiary/aromatic N) is 2. The van der Waals surface area contributed by atoms with Gasteiger partial charge in [-0.1, -0.05) is 60.5 Å². The third-order valence-corrected chi connectivity index (χ3v) is 25.6. The number of benzene rings is 4. The maximum absolute atomic E-state index is 15.0. The number of H-pyrrole nitrogens is 1. The molecule has 29 N–H and O–H groups in total. The Bertz CT molecular complexity index is 5110. The molecule has 1 aliphatic rings. The number of hydrogen-bond donors (Lipinski definition) is 28. The van der Waals surface area contributed by atoms with Crippen LogP contribution in [0.25, 0.3) is 22.0 Å². The summed E-state index contributed by atoms with van der Waals surface area (Å²) in [5.41, 5.74) is 10.9. The number of fused-ring (bicyclic) bond motifs is 4. The number of aromatic amines is 1. The van der Waals surface area contributed by atoms with E-state index in [-0.39, 0.29) is 59.2 Å². The molecule has 0 fully saturated rings. The van der Waals surface area contributed by atoms with Gasteiger partial charge in [0.2, 0.25) is 41.4 Å². The van der Waals surface area contributed by atoms with E-state index in [1.807, 2.05) is 48.5 Å². The molecule has 140 heavy (non-hydrogen) atoms. The van der Waals surface area contributed by atoms with E-state index >= 15 is 4.79 Å². The Morgan fingerprint density at radius 3 is 1.34 bits per heavy atom. The number of nitrogen functional groups attached to an aromatic ring is 1. The Morgan fingerprint density at radius 2 is 0.914 bits per heavy atom. The molecule has 768 valence electrons. The largest absolute Gasteiger partial charge is 0.481 e. The monoisotopic (exact) mass is 2030 g/mol. The van der Waals surface area contributed by atoms with Gasteiger partial charge in [-0.2, -0.15) is 11.8 Å². The van der Waals surface area contributed by atoms with Gasteiger partial charge < -0.3 is 149 Å². The Morgan fingerprint density at radius 1 is 0.493 bits per heavy atom. The molecule has 0 saturated heterocycles. The number of nitrogens with one attached hydrogen (secondary N) is 8. The molecule has 6 rings (SSSR count). The molecule has 7 amide bonds. The smallest absolute Gasteiger partial charge is 0.327 e. The zero-order valence-electron chi connectivity index (χ0n) is 75.5. The van der Waals surface area contributed by atoms with Crippen molar-refractivity contribution in [3.05, 3.63) is 124 Å². The van der Waals surface area contributed by atoms with Gasteiger partial charge in [0.25, 0.3) is 11.5 Å². The highest BCUT2D eigenvalue weighted by Gasteiger charge is 2.40. The number of terminal acetylenes is 1. The number of rotatable bonds is 67. The third kappa shape index (κ3) is 37.7. The van der Waals surface area contributed by atoms with E-state index < -0.39 is 351 Å². The molecule has 1 heterocycles. The van der Waals surface area contributed by atoms with Crippen LogP contribution in [0.2, 0.25) is 0 Å². The highest BCUT2D eigenvalue weighted by molar-refractivity contribution is 8.75. The minimum Gasteiger partial charge on any atom is -0.481 e. The van der Waals surface area contributed by atoms with E-state index in [0.29, 0.717) is 33.3 Å². The van der Waals surface area contributed by atoms with Crippen LogP contribution in [-0.4, -0.2) is 356 Å². The topological polar surface area (TPSA) is 809 Å². The zero-order valence-corrected chi connectivity index (χ0v) is 78.0. The average molecular weight is 2030 g/mol. The first-order valence-electron chi connectivity index (χ1n) is 44.2. The van der Waals surface area contributed by atoms with Gasteiger partial charge in [-0.3, -0.25) is 72.1 Å². The van der Waals surface area contributed by atoms with E-state index in [0.717, 1.165) is 22.3 Å². The standard InChI is InChI=1S/C90H119N11O36S3/c1-2-30-101(39-45-11-19-58-56(32-45)87(132)100-90(91)99-58)50-17-12-46(13-18-50)83(128)97-61(88(133)134)22-28-76(121)137-140-139-44-62(89(135)136)98-86(131)49(16-25-73(116)94-38-67(110)79(124)82(127)70(113)42-104)35-64(107)60(21-27-75(119)120)96-85(130)48(15-24-72(115)93-37-66(109)78(123)81(126)69(112)41-103)34-63(106)59(20-26-74(117)118)95-84(129)47(14-23-71(114)92-36-65(108)77(122)80(125)68(111)40-102)33-51(105)29-31-138-43-57-54-9-5-3-7-52(54)53-8-4-6-10-55(53)57/h1,3-13,17-19,32,47-49,57,59-62,65-70,77-82,102-104,108-113,122-127H,14-16,20-31,33-44H2,(H,92,114)(H,93,115)(H,94,116)(H,95,129)(H,96,130)(H,97,128)(H,98,131)(H,117,118)(H,119,120)(H,133,134)(H,135,136)(H3,91,99,100,132)/t47-,48-,49-,59+,60+,61+,62+,65+,66+,67+,68-,69-,70-,77-,78-,79-,80-,81-,82-/m1/s1. The van der Waals surface area contributed by atoms with Crippen molar-refractivity contribution in [1.29, 1.82) is 0 Å². The first-order chi connectivity index (χ1) is 66.4.